The Morgan fingerprint density at radius 1 is 1.19 bits per heavy atom. The number of epoxide rings is 1. The first-order valence-corrected chi connectivity index (χ1v) is 7.68. The van der Waals surface area contributed by atoms with Crippen molar-refractivity contribution in [3.8, 4) is 0 Å². The molecule has 2 heterocycles. The van der Waals surface area contributed by atoms with Crippen molar-refractivity contribution in [2.75, 3.05) is 6.61 Å². The number of benzene rings is 1. The third-order valence-corrected chi connectivity index (χ3v) is 4.12. The molecule has 2 aliphatic rings. The van der Waals surface area contributed by atoms with Gasteiger partial charge in [0.05, 0.1) is 5.54 Å². The second kappa shape index (κ2) is 4.57. The van der Waals surface area contributed by atoms with Crippen molar-refractivity contribution < 1.29 is 9.47 Å². The van der Waals surface area contributed by atoms with Gasteiger partial charge in [-0.25, -0.2) is 4.99 Å². The van der Waals surface area contributed by atoms with E-state index in [-0.39, 0.29) is 22.7 Å². The van der Waals surface area contributed by atoms with Crippen molar-refractivity contribution in [1.82, 2.24) is 0 Å². The molecule has 0 saturated carbocycles. The molecule has 1 fully saturated rings. The molecule has 0 aliphatic carbocycles. The molecule has 2 atom stereocenters. The summed E-state index contributed by atoms with van der Waals surface area (Å²) in [6, 6.07) is 10.5. The van der Waals surface area contributed by atoms with Crippen LogP contribution in [0.3, 0.4) is 0 Å². The van der Waals surface area contributed by atoms with Crippen molar-refractivity contribution in [3.63, 3.8) is 0 Å². The van der Waals surface area contributed by atoms with E-state index in [2.05, 4.69) is 58.9 Å². The van der Waals surface area contributed by atoms with Gasteiger partial charge in [-0.1, -0.05) is 51.1 Å². The lowest BCUT2D eigenvalue weighted by molar-refractivity contribution is 0.235. The Morgan fingerprint density at radius 3 is 2.33 bits per heavy atom. The second-order valence-corrected chi connectivity index (χ2v) is 7.93. The lowest BCUT2D eigenvalue weighted by atomic mass is 9.82. The molecule has 3 heteroatoms. The van der Waals surface area contributed by atoms with Gasteiger partial charge in [-0.15, -0.1) is 0 Å². The maximum Gasteiger partial charge on any atom is 0.220 e. The molecule has 0 unspecified atom stereocenters. The van der Waals surface area contributed by atoms with Gasteiger partial charge >= 0.3 is 0 Å². The molecule has 0 amide bonds. The Balaban J connectivity index is 1.92. The summed E-state index contributed by atoms with van der Waals surface area (Å²) in [6.45, 7) is 11.5. The molecular weight excluding hydrogens is 262 g/mol. The highest BCUT2D eigenvalue weighted by Gasteiger charge is 2.66. The largest absolute Gasteiger partial charge is 0.476 e. The first-order chi connectivity index (χ1) is 9.73. The van der Waals surface area contributed by atoms with Crippen LogP contribution >= 0.6 is 0 Å². The molecule has 0 bridgehead atoms. The molecular formula is C18H25NO2. The summed E-state index contributed by atoms with van der Waals surface area (Å²) in [7, 11) is 0. The molecule has 2 aliphatic heterocycles. The Morgan fingerprint density at radius 2 is 1.86 bits per heavy atom. The molecule has 1 aromatic rings. The zero-order valence-electron chi connectivity index (χ0n) is 13.6. The summed E-state index contributed by atoms with van der Waals surface area (Å²) in [6.07, 6.45) is 0.975. The van der Waals surface area contributed by atoms with Crippen LogP contribution in [0.15, 0.2) is 35.3 Å². The number of hydrogen-bond acceptors (Lipinski definition) is 3. The van der Waals surface area contributed by atoms with Gasteiger partial charge in [0.15, 0.2) is 5.60 Å². The van der Waals surface area contributed by atoms with Crippen molar-refractivity contribution >= 4 is 5.90 Å². The van der Waals surface area contributed by atoms with Gasteiger partial charge < -0.3 is 9.47 Å². The Hall–Kier alpha value is -1.35. The smallest absolute Gasteiger partial charge is 0.220 e. The van der Waals surface area contributed by atoms with Gasteiger partial charge in [-0.2, -0.15) is 0 Å². The molecule has 0 spiro atoms. The van der Waals surface area contributed by atoms with Crippen LogP contribution in [0.1, 0.15) is 40.2 Å². The minimum absolute atomic E-state index is 0.0768. The number of hydrogen-bond donors (Lipinski definition) is 0. The summed E-state index contributed by atoms with van der Waals surface area (Å²) in [4.78, 5) is 4.78. The quantitative estimate of drug-likeness (QED) is 0.796. The van der Waals surface area contributed by atoms with Gasteiger partial charge in [0.1, 0.15) is 12.7 Å². The van der Waals surface area contributed by atoms with Gasteiger partial charge in [0.25, 0.3) is 0 Å². The average molecular weight is 287 g/mol. The third-order valence-electron chi connectivity index (χ3n) is 4.12. The second-order valence-electron chi connectivity index (χ2n) is 7.93. The summed E-state index contributed by atoms with van der Waals surface area (Å²) >= 11 is 0. The summed E-state index contributed by atoms with van der Waals surface area (Å²) in [5, 5.41) is 0. The molecule has 3 rings (SSSR count). The number of nitrogens with zero attached hydrogens (tertiary/aromatic N) is 1. The first kappa shape index (κ1) is 14.6. The van der Waals surface area contributed by atoms with Gasteiger partial charge in [-0.3, -0.25) is 0 Å². The minimum Gasteiger partial charge on any atom is -0.476 e. The highest BCUT2D eigenvalue weighted by Crippen LogP contribution is 2.51. The molecule has 1 saturated heterocycles. The molecule has 3 nitrogen and oxygen atoms in total. The molecule has 1 aromatic carbocycles. The van der Waals surface area contributed by atoms with Gasteiger partial charge in [0, 0.05) is 6.42 Å². The monoisotopic (exact) mass is 287 g/mol. The fourth-order valence-corrected chi connectivity index (χ4v) is 3.13. The number of ether oxygens (including phenoxy) is 2. The van der Waals surface area contributed by atoms with Crippen LogP contribution in [0.5, 0.6) is 0 Å². The van der Waals surface area contributed by atoms with Crippen molar-refractivity contribution in [2.24, 2.45) is 10.4 Å². The molecule has 0 aromatic heterocycles. The van der Waals surface area contributed by atoms with Crippen molar-refractivity contribution in [1.29, 1.82) is 0 Å². The number of aliphatic imine (C=N–C) groups is 1. The lowest BCUT2D eigenvalue weighted by Crippen LogP contribution is -2.35. The number of rotatable bonds is 3. The van der Waals surface area contributed by atoms with E-state index in [4.69, 9.17) is 14.5 Å². The molecule has 114 valence electrons. The maximum atomic E-state index is 6.19. The molecule has 0 radical (unpaired) electrons. The Kier molecular flexibility index (Phi) is 3.17. The van der Waals surface area contributed by atoms with Crippen LogP contribution in [0, 0.1) is 5.41 Å². The lowest BCUT2D eigenvalue weighted by Gasteiger charge is -2.20. The fraction of sp³-hybridized carbons (Fsp3) is 0.611. The van der Waals surface area contributed by atoms with E-state index in [0.717, 1.165) is 12.3 Å². The van der Waals surface area contributed by atoms with Crippen LogP contribution in [-0.2, 0) is 15.9 Å². The van der Waals surface area contributed by atoms with E-state index in [1.54, 1.807) is 0 Å². The Bertz CT molecular complexity index is 556. The van der Waals surface area contributed by atoms with E-state index >= 15 is 0 Å². The topological polar surface area (TPSA) is 34.1 Å². The van der Waals surface area contributed by atoms with E-state index in [9.17, 15) is 0 Å². The summed E-state index contributed by atoms with van der Waals surface area (Å²) < 4.78 is 12.1. The van der Waals surface area contributed by atoms with Crippen molar-refractivity contribution in [2.45, 2.75) is 58.3 Å². The first-order valence-electron chi connectivity index (χ1n) is 7.68. The highest BCUT2D eigenvalue weighted by atomic mass is 16.6. The van der Waals surface area contributed by atoms with Crippen LogP contribution in [0.4, 0.5) is 0 Å². The highest BCUT2D eigenvalue weighted by molar-refractivity contribution is 5.90. The SMILES string of the molecule is CC1(C)COC([C@]2(Cc3ccccc3)O[C@@H]2C(C)(C)C)=N1. The van der Waals surface area contributed by atoms with Gasteiger partial charge in [0.2, 0.25) is 5.90 Å². The predicted molar refractivity (Wildman–Crippen MR) is 84.7 cm³/mol. The zero-order chi connectivity index (χ0) is 15.3. The third kappa shape index (κ3) is 2.71. The fourth-order valence-electron chi connectivity index (χ4n) is 3.13. The van der Waals surface area contributed by atoms with Crippen LogP contribution < -0.4 is 0 Å². The van der Waals surface area contributed by atoms with E-state index < -0.39 is 0 Å². The summed E-state index contributed by atoms with van der Waals surface area (Å²) in [5.41, 5.74) is 0.814. The maximum absolute atomic E-state index is 6.19. The van der Waals surface area contributed by atoms with Crippen LogP contribution in [0.25, 0.3) is 0 Å². The van der Waals surface area contributed by atoms with Gasteiger partial charge in [-0.05, 0) is 24.8 Å². The van der Waals surface area contributed by atoms with Crippen molar-refractivity contribution in [3.05, 3.63) is 35.9 Å². The Labute approximate surface area is 127 Å². The van der Waals surface area contributed by atoms with Crippen LogP contribution in [-0.4, -0.2) is 29.7 Å². The minimum atomic E-state index is -0.382. The van der Waals surface area contributed by atoms with E-state index in [1.165, 1.54) is 5.56 Å². The average Bonchev–Trinajstić information content (AvgIpc) is 3.01. The predicted octanol–water partition coefficient (Wildman–Crippen LogP) is 3.62. The normalized spacial score (nSPS) is 30.7. The zero-order valence-corrected chi connectivity index (χ0v) is 13.6. The molecule has 21 heavy (non-hydrogen) atoms. The molecule has 0 N–H and O–H groups in total. The standard InChI is InChI=1S/C18H25NO2/c1-16(2,3)14-18(21-14,11-13-9-7-6-8-10-13)15-19-17(4,5)12-20-15/h6-10,14H,11-12H2,1-5H3/t14-,18-/m1/s1. The van der Waals surface area contributed by atoms with E-state index in [0.29, 0.717) is 6.61 Å². The summed E-state index contributed by atoms with van der Waals surface area (Å²) in [5.74, 6) is 0.788. The van der Waals surface area contributed by atoms with E-state index in [1.807, 2.05) is 6.07 Å². The van der Waals surface area contributed by atoms with Crippen LogP contribution in [0.2, 0.25) is 0 Å².